The first kappa shape index (κ1) is 38.7. The molecule has 2 aliphatic heterocycles. The predicted octanol–water partition coefficient (Wildman–Crippen LogP) is 4.68. The second kappa shape index (κ2) is 18.4. The molecular weight excluding hydrogens is 703 g/mol. The van der Waals surface area contributed by atoms with Gasteiger partial charge in [-0.05, 0) is 64.2 Å². The molecule has 0 unspecified atom stereocenters. The van der Waals surface area contributed by atoms with E-state index in [0.29, 0.717) is 39.1 Å². The molecule has 10 nitrogen and oxygen atoms in total. The van der Waals surface area contributed by atoms with Gasteiger partial charge in [-0.2, -0.15) is 0 Å². The van der Waals surface area contributed by atoms with Crippen molar-refractivity contribution < 1.29 is 23.9 Å². The molecule has 2 aliphatic rings. The van der Waals surface area contributed by atoms with E-state index in [9.17, 15) is 19.2 Å². The molecule has 56 heavy (non-hydrogen) atoms. The van der Waals surface area contributed by atoms with Crippen LogP contribution in [0.4, 0.5) is 0 Å². The molecule has 5 aromatic carbocycles. The summed E-state index contributed by atoms with van der Waals surface area (Å²) in [7, 11) is 1.70. The van der Waals surface area contributed by atoms with Crippen molar-refractivity contribution in [2.75, 3.05) is 46.4 Å². The fourth-order valence-corrected chi connectivity index (χ4v) is 7.91. The molecule has 5 aromatic rings. The van der Waals surface area contributed by atoms with Crippen molar-refractivity contribution in [3.63, 3.8) is 0 Å². The molecule has 0 radical (unpaired) electrons. The van der Waals surface area contributed by atoms with E-state index >= 15 is 0 Å². The Morgan fingerprint density at radius 1 is 0.661 bits per heavy atom. The van der Waals surface area contributed by atoms with E-state index in [0.717, 1.165) is 51.3 Å². The molecule has 0 spiro atoms. The van der Waals surface area contributed by atoms with Gasteiger partial charge in [0.2, 0.25) is 23.6 Å². The number of fused-ring (bicyclic) bond motifs is 2. The van der Waals surface area contributed by atoms with Crippen LogP contribution in [0.25, 0.3) is 21.5 Å². The van der Waals surface area contributed by atoms with Crippen LogP contribution in [0.5, 0.6) is 0 Å². The highest BCUT2D eigenvalue weighted by Gasteiger charge is 2.36. The van der Waals surface area contributed by atoms with Crippen LogP contribution >= 0.6 is 0 Å². The van der Waals surface area contributed by atoms with E-state index in [1.165, 1.54) is 0 Å². The monoisotopic (exact) mass is 753 g/mol. The molecule has 3 atom stereocenters. The molecule has 290 valence electrons. The number of carbonyl (C=O) groups is 4. The molecule has 2 heterocycles. The van der Waals surface area contributed by atoms with Gasteiger partial charge in [0.25, 0.3) is 0 Å². The largest absolute Gasteiger partial charge is 0.378 e. The molecule has 10 heteroatoms. The summed E-state index contributed by atoms with van der Waals surface area (Å²) < 4.78 is 5.51. The molecule has 2 fully saturated rings. The van der Waals surface area contributed by atoms with E-state index in [1.54, 1.807) is 16.8 Å². The summed E-state index contributed by atoms with van der Waals surface area (Å²) in [6.45, 7) is 3.22. The highest BCUT2D eigenvalue weighted by atomic mass is 16.5. The van der Waals surface area contributed by atoms with Crippen molar-refractivity contribution in [1.82, 2.24) is 25.8 Å². The molecule has 4 amide bonds. The summed E-state index contributed by atoms with van der Waals surface area (Å²) in [5.41, 5.74) is 2.67. The third-order valence-electron chi connectivity index (χ3n) is 11.2. The van der Waals surface area contributed by atoms with Gasteiger partial charge in [-0.1, -0.05) is 115 Å². The van der Waals surface area contributed by atoms with E-state index in [1.807, 2.05) is 109 Å². The summed E-state index contributed by atoms with van der Waals surface area (Å²) in [6, 6.07) is 34.9. The maximum absolute atomic E-state index is 14.7. The van der Waals surface area contributed by atoms with E-state index < -0.39 is 29.9 Å². The first-order chi connectivity index (χ1) is 27.3. The Kier molecular flexibility index (Phi) is 12.7. The molecular formula is C46H51N5O5. The van der Waals surface area contributed by atoms with Crippen LogP contribution in [-0.2, 0) is 43.2 Å². The Hall–Kier alpha value is -5.58. The topological polar surface area (TPSA) is 120 Å². The maximum atomic E-state index is 14.7. The first-order valence-corrected chi connectivity index (χ1v) is 19.8. The molecule has 0 aromatic heterocycles. The van der Waals surface area contributed by atoms with Crippen molar-refractivity contribution in [2.24, 2.45) is 5.92 Å². The minimum Gasteiger partial charge on any atom is -0.378 e. The van der Waals surface area contributed by atoms with Crippen molar-refractivity contribution in [3.8, 4) is 0 Å². The van der Waals surface area contributed by atoms with Gasteiger partial charge in [0.15, 0.2) is 0 Å². The van der Waals surface area contributed by atoms with E-state index in [4.69, 9.17) is 4.74 Å². The zero-order valence-corrected chi connectivity index (χ0v) is 32.0. The number of nitrogens with one attached hydrogen (secondary N) is 3. The molecule has 7 rings (SSSR count). The molecule has 2 saturated heterocycles. The van der Waals surface area contributed by atoms with Crippen molar-refractivity contribution in [1.29, 1.82) is 0 Å². The van der Waals surface area contributed by atoms with Crippen LogP contribution in [0.1, 0.15) is 29.5 Å². The standard InChI is InChI=1S/C46H51N5O5/c1-50(45(54)37-19-21-47-22-20-37)42(31-34-16-18-36-12-6-8-14-39(36)28-34)44(53)48-40(30-33-15-17-35-11-5-7-13-38(35)27-33)43(52)49-41(29-32-9-3-2-4-10-32)46(55)51-23-25-56-26-24-51/h2-18,27-28,37,40-42,47H,19-26,29-31H2,1H3,(H,48,53)(H,49,52)/t40-,41+,42-/m1/s1. The fourth-order valence-electron chi connectivity index (χ4n) is 7.91. The Bertz CT molecular complexity index is 2150. The smallest absolute Gasteiger partial charge is 0.245 e. The van der Waals surface area contributed by atoms with Crippen molar-refractivity contribution in [3.05, 3.63) is 132 Å². The van der Waals surface area contributed by atoms with E-state index in [2.05, 4.69) is 22.0 Å². The van der Waals surface area contributed by atoms with Crippen LogP contribution < -0.4 is 16.0 Å². The van der Waals surface area contributed by atoms with Gasteiger partial charge in [-0.3, -0.25) is 19.2 Å². The summed E-state index contributed by atoms with van der Waals surface area (Å²) in [6.07, 6.45) is 2.12. The lowest BCUT2D eigenvalue weighted by Gasteiger charge is -2.34. The Morgan fingerprint density at radius 2 is 1.20 bits per heavy atom. The number of benzene rings is 5. The summed E-state index contributed by atoms with van der Waals surface area (Å²) >= 11 is 0. The number of hydrogen-bond donors (Lipinski definition) is 3. The van der Waals surface area contributed by atoms with Gasteiger partial charge in [0.05, 0.1) is 13.2 Å². The lowest BCUT2D eigenvalue weighted by atomic mass is 9.94. The van der Waals surface area contributed by atoms with Crippen molar-refractivity contribution in [2.45, 2.75) is 50.2 Å². The number of piperidine rings is 1. The number of carbonyl (C=O) groups excluding carboxylic acids is 4. The lowest BCUT2D eigenvalue weighted by molar-refractivity contribution is -0.144. The maximum Gasteiger partial charge on any atom is 0.245 e. The van der Waals surface area contributed by atoms with Crippen LogP contribution in [0, 0.1) is 5.92 Å². The number of morpholine rings is 1. The number of likely N-dealkylation sites (N-methyl/N-ethyl adjacent to an activating group) is 1. The van der Waals surface area contributed by atoms with Gasteiger partial charge >= 0.3 is 0 Å². The summed E-state index contributed by atoms with van der Waals surface area (Å²) in [5, 5.41) is 13.7. The van der Waals surface area contributed by atoms with Crippen molar-refractivity contribution >= 4 is 45.2 Å². The van der Waals surface area contributed by atoms with Crippen LogP contribution in [0.3, 0.4) is 0 Å². The Labute approximate surface area is 328 Å². The fraction of sp³-hybridized carbons (Fsp3) is 0.348. The molecule has 3 N–H and O–H groups in total. The Morgan fingerprint density at radius 3 is 1.82 bits per heavy atom. The molecule has 0 saturated carbocycles. The van der Waals surface area contributed by atoms with Gasteiger partial charge in [-0.25, -0.2) is 0 Å². The number of amides is 4. The highest BCUT2D eigenvalue weighted by molar-refractivity contribution is 5.95. The minimum absolute atomic E-state index is 0.0815. The number of rotatable bonds is 13. The lowest BCUT2D eigenvalue weighted by Crippen LogP contribution is -2.59. The average molecular weight is 754 g/mol. The zero-order valence-electron chi connectivity index (χ0n) is 32.0. The zero-order chi connectivity index (χ0) is 38.9. The van der Waals surface area contributed by atoms with Crippen LogP contribution in [0.15, 0.2) is 115 Å². The molecule has 0 aliphatic carbocycles. The third-order valence-corrected chi connectivity index (χ3v) is 11.2. The second-order valence-electron chi connectivity index (χ2n) is 15.0. The Balaban J connectivity index is 1.20. The van der Waals surface area contributed by atoms with Gasteiger partial charge in [-0.15, -0.1) is 0 Å². The normalized spacial score (nSPS) is 16.5. The van der Waals surface area contributed by atoms with Gasteiger partial charge in [0, 0.05) is 45.3 Å². The average Bonchev–Trinajstić information content (AvgIpc) is 3.25. The van der Waals surface area contributed by atoms with Gasteiger partial charge in [0.1, 0.15) is 18.1 Å². The van der Waals surface area contributed by atoms with Crippen LogP contribution in [0.2, 0.25) is 0 Å². The quantitative estimate of drug-likeness (QED) is 0.161. The highest BCUT2D eigenvalue weighted by Crippen LogP contribution is 2.22. The van der Waals surface area contributed by atoms with Crippen LogP contribution in [-0.4, -0.2) is 98.0 Å². The summed E-state index contributed by atoms with van der Waals surface area (Å²) in [5.74, 6) is -1.37. The summed E-state index contributed by atoms with van der Waals surface area (Å²) in [4.78, 5) is 60.7. The minimum atomic E-state index is -1.04. The second-order valence-corrected chi connectivity index (χ2v) is 15.0. The van der Waals surface area contributed by atoms with E-state index in [-0.39, 0.29) is 37.0 Å². The molecule has 0 bridgehead atoms. The third kappa shape index (κ3) is 9.61. The van der Waals surface area contributed by atoms with Gasteiger partial charge < -0.3 is 30.5 Å². The number of hydrogen-bond acceptors (Lipinski definition) is 6. The first-order valence-electron chi connectivity index (χ1n) is 19.8. The predicted molar refractivity (Wildman–Crippen MR) is 219 cm³/mol. The number of nitrogens with zero attached hydrogens (tertiary/aromatic N) is 2. The SMILES string of the molecule is CN(C(=O)C1CCNCC1)[C@H](Cc1ccc2ccccc2c1)C(=O)N[C@H](Cc1ccc2ccccc2c1)C(=O)N[C@@H](Cc1ccccc1)C(=O)N1CCOCC1. The number of ether oxygens (including phenoxy) is 1.